The fourth-order valence-corrected chi connectivity index (χ4v) is 3.76. The van der Waals surface area contributed by atoms with Gasteiger partial charge in [0.05, 0.1) is 38.2 Å². The number of rotatable bonds is 7. The molecule has 5 rings (SSSR count). The molecular formula is C25H21FN6O3. The summed E-state index contributed by atoms with van der Waals surface area (Å²) in [5.41, 5.74) is 4.13. The summed E-state index contributed by atoms with van der Waals surface area (Å²) in [6.45, 7) is 2.44. The molecule has 2 aromatic carbocycles. The summed E-state index contributed by atoms with van der Waals surface area (Å²) in [6.07, 6.45) is 4.52. The van der Waals surface area contributed by atoms with Crippen LogP contribution in [-0.2, 0) is 11.3 Å². The molecule has 0 saturated heterocycles. The Hall–Kier alpha value is -4.60. The van der Waals surface area contributed by atoms with Crippen molar-refractivity contribution in [1.29, 1.82) is 0 Å². The van der Waals surface area contributed by atoms with Crippen LogP contribution in [-0.4, -0.2) is 49.2 Å². The lowest BCUT2D eigenvalue weighted by atomic mass is 10.0. The van der Waals surface area contributed by atoms with Gasteiger partial charge in [0.1, 0.15) is 16.9 Å². The Balaban J connectivity index is 1.47. The van der Waals surface area contributed by atoms with Crippen molar-refractivity contribution in [2.24, 2.45) is 0 Å². The summed E-state index contributed by atoms with van der Waals surface area (Å²) < 4.78 is 27.3. The first kappa shape index (κ1) is 22.2. The molecule has 0 atom stereocenters. The van der Waals surface area contributed by atoms with Gasteiger partial charge in [0.15, 0.2) is 0 Å². The first-order valence-corrected chi connectivity index (χ1v) is 10.9. The maximum Gasteiger partial charge on any atom is 0.341 e. The van der Waals surface area contributed by atoms with E-state index >= 15 is 0 Å². The second-order valence-electron chi connectivity index (χ2n) is 7.67. The van der Waals surface area contributed by atoms with Gasteiger partial charge >= 0.3 is 5.97 Å². The van der Waals surface area contributed by atoms with Crippen molar-refractivity contribution in [3.05, 3.63) is 84.1 Å². The Labute approximate surface area is 199 Å². The summed E-state index contributed by atoms with van der Waals surface area (Å²) >= 11 is 0. The number of nitrogens with zero attached hydrogens (tertiary/aromatic N) is 6. The fourth-order valence-electron chi connectivity index (χ4n) is 3.76. The lowest BCUT2D eigenvalue weighted by molar-refractivity contribution is 0.0526. The Morgan fingerprint density at radius 1 is 1.03 bits per heavy atom. The molecule has 10 heteroatoms. The highest BCUT2D eigenvalue weighted by Gasteiger charge is 2.18. The lowest BCUT2D eigenvalue weighted by Crippen LogP contribution is -2.07. The Morgan fingerprint density at radius 3 is 2.60 bits per heavy atom. The number of benzene rings is 2. The van der Waals surface area contributed by atoms with Crippen LogP contribution >= 0.6 is 0 Å². The zero-order valence-electron chi connectivity index (χ0n) is 19.1. The van der Waals surface area contributed by atoms with Crippen molar-refractivity contribution in [1.82, 2.24) is 29.5 Å². The van der Waals surface area contributed by atoms with Crippen LogP contribution < -0.4 is 4.74 Å². The fraction of sp³-hybridized carbons (Fsp3) is 0.160. The predicted octanol–water partition coefficient (Wildman–Crippen LogP) is 4.05. The van der Waals surface area contributed by atoms with Crippen molar-refractivity contribution >= 4 is 17.0 Å². The molecule has 0 saturated carbocycles. The highest BCUT2D eigenvalue weighted by atomic mass is 19.1. The van der Waals surface area contributed by atoms with Crippen molar-refractivity contribution < 1.29 is 18.7 Å². The van der Waals surface area contributed by atoms with Crippen LogP contribution in [0.4, 0.5) is 4.39 Å². The molecule has 0 unspecified atom stereocenters. The molecule has 3 heterocycles. The maximum atomic E-state index is 13.7. The highest BCUT2D eigenvalue weighted by molar-refractivity contribution is 5.88. The number of carbonyl (C=O) groups is 1. The zero-order chi connectivity index (χ0) is 24.4. The average molecular weight is 472 g/mol. The molecular weight excluding hydrogens is 451 g/mol. The highest BCUT2D eigenvalue weighted by Crippen LogP contribution is 2.26. The predicted molar refractivity (Wildman–Crippen MR) is 126 cm³/mol. The van der Waals surface area contributed by atoms with E-state index in [-0.39, 0.29) is 18.4 Å². The van der Waals surface area contributed by atoms with E-state index in [1.165, 1.54) is 36.3 Å². The normalized spacial score (nSPS) is 11.1. The zero-order valence-corrected chi connectivity index (χ0v) is 19.1. The van der Waals surface area contributed by atoms with Gasteiger partial charge in [0.25, 0.3) is 5.95 Å². The molecule has 0 fully saturated rings. The number of hydrogen-bond donors (Lipinski definition) is 0. The molecule has 0 aliphatic carbocycles. The van der Waals surface area contributed by atoms with E-state index in [9.17, 15) is 9.18 Å². The van der Waals surface area contributed by atoms with Crippen molar-refractivity contribution in [2.45, 2.75) is 13.5 Å². The number of hydrogen-bond acceptors (Lipinski definition) is 7. The third-order valence-electron chi connectivity index (χ3n) is 5.35. The minimum atomic E-state index is -0.472. The summed E-state index contributed by atoms with van der Waals surface area (Å²) in [5, 5.41) is 8.65. The summed E-state index contributed by atoms with van der Waals surface area (Å²) in [6, 6.07) is 14.3. The molecule has 0 radical (unpaired) electrons. The molecule has 5 aromatic rings. The van der Waals surface area contributed by atoms with E-state index in [1.54, 1.807) is 23.9 Å². The lowest BCUT2D eigenvalue weighted by Gasteiger charge is -2.10. The van der Waals surface area contributed by atoms with E-state index in [0.717, 1.165) is 16.7 Å². The summed E-state index contributed by atoms with van der Waals surface area (Å²) in [4.78, 5) is 21.0. The van der Waals surface area contributed by atoms with Gasteiger partial charge < -0.3 is 9.47 Å². The molecule has 0 spiro atoms. The number of esters is 1. The number of methoxy groups -OCH3 is 1. The smallest absolute Gasteiger partial charge is 0.341 e. The van der Waals surface area contributed by atoms with Crippen LogP contribution in [0.1, 0.15) is 22.8 Å². The first-order chi connectivity index (χ1) is 17.1. The standard InChI is InChI=1S/C25H21FN6O3/c1-3-35-24(33)19-12-27-32(15-19)25-29-21-13-28-31(22(21)23(30-25)34-2)14-16-6-4-7-17(10-16)18-8-5-9-20(26)11-18/h4-13,15H,3,14H2,1-2H3. The van der Waals surface area contributed by atoms with Gasteiger partial charge in [0, 0.05) is 6.20 Å². The average Bonchev–Trinajstić information content (AvgIpc) is 3.52. The largest absolute Gasteiger partial charge is 0.479 e. The molecule has 9 nitrogen and oxygen atoms in total. The molecule has 0 aliphatic rings. The van der Waals surface area contributed by atoms with Crippen LogP contribution in [0.15, 0.2) is 67.1 Å². The Kier molecular flexibility index (Phi) is 5.92. The molecule has 0 N–H and O–H groups in total. The molecule has 3 aromatic heterocycles. The van der Waals surface area contributed by atoms with Crippen LogP contribution in [0.2, 0.25) is 0 Å². The number of aromatic nitrogens is 6. The Bertz CT molecular complexity index is 1530. The topological polar surface area (TPSA) is 97.0 Å². The van der Waals surface area contributed by atoms with Gasteiger partial charge in [-0.2, -0.15) is 15.2 Å². The SMILES string of the molecule is CCOC(=O)c1cnn(-c2nc(OC)c3c(cnn3Cc3cccc(-c4cccc(F)c4)c3)n2)c1. The van der Waals surface area contributed by atoms with Gasteiger partial charge in [-0.15, -0.1) is 0 Å². The minimum Gasteiger partial charge on any atom is -0.479 e. The molecule has 35 heavy (non-hydrogen) atoms. The van der Waals surface area contributed by atoms with Crippen molar-refractivity contribution in [3.8, 4) is 23.0 Å². The van der Waals surface area contributed by atoms with Gasteiger partial charge in [0.2, 0.25) is 5.88 Å². The third-order valence-corrected chi connectivity index (χ3v) is 5.35. The summed E-state index contributed by atoms with van der Waals surface area (Å²) in [7, 11) is 1.51. The van der Waals surface area contributed by atoms with Crippen LogP contribution in [0.5, 0.6) is 5.88 Å². The van der Waals surface area contributed by atoms with Crippen LogP contribution in [0.3, 0.4) is 0 Å². The number of carbonyl (C=O) groups excluding carboxylic acids is 1. The van der Waals surface area contributed by atoms with E-state index < -0.39 is 5.97 Å². The number of halogens is 1. The van der Waals surface area contributed by atoms with Crippen molar-refractivity contribution in [2.75, 3.05) is 13.7 Å². The first-order valence-electron chi connectivity index (χ1n) is 10.9. The quantitative estimate of drug-likeness (QED) is 0.330. The molecule has 0 amide bonds. The summed E-state index contributed by atoms with van der Waals surface area (Å²) in [5.74, 6) is -0.204. The minimum absolute atomic E-state index is 0.234. The molecule has 176 valence electrons. The van der Waals surface area contributed by atoms with Gasteiger partial charge in [-0.25, -0.2) is 18.9 Å². The van der Waals surface area contributed by atoms with E-state index in [1.807, 2.05) is 30.3 Å². The maximum absolute atomic E-state index is 13.7. The van der Waals surface area contributed by atoms with E-state index in [2.05, 4.69) is 20.2 Å². The number of fused-ring (bicyclic) bond motifs is 1. The van der Waals surface area contributed by atoms with E-state index in [0.29, 0.717) is 29.0 Å². The Morgan fingerprint density at radius 2 is 1.83 bits per heavy atom. The third kappa shape index (κ3) is 4.45. The monoisotopic (exact) mass is 472 g/mol. The molecule has 0 aliphatic heterocycles. The van der Waals surface area contributed by atoms with Crippen LogP contribution in [0.25, 0.3) is 28.1 Å². The van der Waals surface area contributed by atoms with Gasteiger partial charge in [-0.1, -0.05) is 30.3 Å². The second kappa shape index (κ2) is 9.34. The molecule has 0 bridgehead atoms. The number of ether oxygens (including phenoxy) is 2. The van der Waals surface area contributed by atoms with Crippen molar-refractivity contribution in [3.63, 3.8) is 0 Å². The van der Waals surface area contributed by atoms with Gasteiger partial charge in [-0.05, 0) is 41.8 Å². The second-order valence-corrected chi connectivity index (χ2v) is 7.67. The van der Waals surface area contributed by atoms with Crippen LogP contribution in [0, 0.1) is 5.82 Å². The van der Waals surface area contributed by atoms with Gasteiger partial charge in [-0.3, -0.25) is 4.68 Å². The van der Waals surface area contributed by atoms with E-state index in [4.69, 9.17) is 9.47 Å².